The van der Waals surface area contributed by atoms with Crippen molar-refractivity contribution in [2.45, 2.75) is 12.0 Å². The number of rotatable bonds is 4. The van der Waals surface area contributed by atoms with Gasteiger partial charge in [0.2, 0.25) is 0 Å². The zero-order chi connectivity index (χ0) is 8.10. The Morgan fingerprint density at radius 1 is 1.91 bits per heavy atom. The van der Waals surface area contributed by atoms with Crippen LogP contribution in [0.4, 0.5) is 0 Å². The summed E-state index contributed by atoms with van der Waals surface area (Å²) in [5, 5.41) is 0. The SMILES string of the molecule is O=COC(Cl)Cc1cnsn1. The number of carbonyl (C=O) groups is 1. The second-order valence-electron chi connectivity index (χ2n) is 1.75. The van der Waals surface area contributed by atoms with E-state index in [1.54, 1.807) is 6.20 Å². The molecule has 0 N–H and O–H groups in total. The zero-order valence-corrected chi connectivity index (χ0v) is 7.01. The summed E-state index contributed by atoms with van der Waals surface area (Å²) in [5.74, 6) is 0. The monoisotopic (exact) mass is 192 g/mol. The number of hydrogen-bond donors (Lipinski definition) is 0. The van der Waals surface area contributed by atoms with Gasteiger partial charge in [-0.1, -0.05) is 11.6 Å². The van der Waals surface area contributed by atoms with Crippen molar-refractivity contribution in [1.82, 2.24) is 8.75 Å². The predicted molar refractivity (Wildman–Crippen MR) is 40.4 cm³/mol. The van der Waals surface area contributed by atoms with Crippen molar-refractivity contribution in [1.29, 1.82) is 0 Å². The summed E-state index contributed by atoms with van der Waals surface area (Å²) >= 11 is 6.65. The van der Waals surface area contributed by atoms with Crippen molar-refractivity contribution in [3.8, 4) is 0 Å². The number of ether oxygens (including phenoxy) is 1. The van der Waals surface area contributed by atoms with Gasteiger partial charge in [0.1, 0.15) is 0 Å². The zero-order valence-electron chi connectivity index (χ0n) is 5.44. The van der Waals surface area contributed by atoms with E-state index in [0.29, 0.717) is 12.9 Å². The highest BCUT2D eigenvalue weighted by atomic mass is 35.5. The predicted octanol–water partition coefficient (Wildman–Crippen LogP) is 0.819. The van der Waals surface area contributed by atoms with Crippen LogP contribution in [0.25, 0.3) is 0 Å². The van der Waals surface area contributed by atoms with E-state index in [0.717, 1.165) is 17.4 Å². The van der Waals surface area contributed by atoms with Gasteiger partial charge in [-0.15, -0.1) is 0 Å². The molecule has 1 aromatic heterocycles. The maximum atomic E-state index is 9.80. The molecule has 0 aliphatic carbocycles. The Kier molecular flexibility index (Phi) is 3.25. The summed E-state index contributed by atoms with van der Waals surface area (Å²) in [4.78, 5) is 9.80. The second-order valence-corrected chi connectivity index (χ2v) is 2.79. The van der Waals surface area contributed by atoms with Gasteiger partial charge in [0, 0.05) is 6.42 Å². The highest BCUT2D eigenvalue weighted by molar-refractivity contribution is 6.99. The molecule has 1 unspecified atom stereocenters. The van der Waals surface area contributed by atoms with Crippen LogP contribution in [0.3, 0.4) is 0 Å². The molecule has 0 fully saturated rings. The molecule has 0 saturated heterocycles. The van der Waals surface area contributed by atoms with E-state index < -0.39 is 5.56 Å². The molecule has 0 radical (unpaired) electrons. The van der Waals surface area contributed by atoms with Gasteiger partial charge >= 0.3 is 0 Å². The largest absolute Gasteiger partial charge is 0.448 e. The molecule has 1 heterocycles. The molecule has 0 saturated carbocycles. The van der Waals surface area contributed by atoms with Crippen LogP contribution in [0.15, 0.2) is 6.20 Å². The van der Waals surface area contributed by atoms with Crippen molar-refractivity contribution in [3.63, 3.8) is 0 Å². The molecule has 4 nitrogen and oxygen atoms in total. The lowest BCUT2D eigenvalue weighted by Crippen LogP contribution is -2.07. The Hall–Kier alpha value is -0.680. The third-order valence-electron chi connectivity index (χ3n) is 0.980. The first-order valence-electron chi connectivity index (χ1n) is 2.82. The summed E-state index contributed by atoms with van der Waals surface area (Å²) in [6.07, 6.45) is 1.99. The molecule has 11 heavy (non-hydrogen) atoms. The van der Waals surface area contributed by atoms with Crippen molar-refractivity contribution in [3.05, 3.63) is 11.9 Å². The van der Waals surface area contributed by atoms with Gasteiger partial charge in [0.05, 0.1) is 23.6 Å². The number of aromatic nitrogens is 2. The van der Waals surface area contributed by atoms with Crippen molar-refractivity contribution in [2.24, 2.45) is 0 Å². The standard InChI is InChI=1S/C5H5ClN2O2S/c6-5(10-3-9)1-4-2-7-11-8-4/h2-3,5H,1H2. The molecule has 0 amide bonds. The topological polar surface area (TPSA) is 52.1 Å². The van der Waals surface area contributed by atoms with Crippen LogP contribution in [0.5, 0.6) is 0 Å². The van der Waals surface area contributed by atoms with E-state index in [1.807, 2.05) is 0 Å². The molecule has 6 heteroatoms. The highest BCUT2D eigenvalue weighted by Crippen LogP contribution is 2.06. The Morgan fingerprint density at radius 3 is 3.27 bits per heavy atom. The summed E-state index contributed by atoms with van der Waals surface area (Å²) in [5.41, 5.74) is 0.0910. The van der Waals surface area contributed by atoms with Gasteiger partial charge in [-0.05, 0) is 0 Å². The van der Waals surface area contributed by atoms with Gasteiger partial charge in [0.25, 0.3) is 6.47 Å². The minimum Gasteiger partial charge on any atom is -0.448 e. The molecular weight excluding hydrogens is 188 g/mol. The van der Waals surface area contributed by atoms with Gasteiger partial charge < -0.3 is 4.74 Å². The maximum absolute atomic E-state index is 9.80. The summed E-state index contributed by atoms with van der Waals surface area (Å²) < 4.78 is 12.1. The smallest absolute Gasteiger partial charge is 0.294 e. The molecule has 0 aromatic carbocycles. The van der Waals surface area contributed by atoms with Crippen LogP contribution in [0.1, 0.15) is 5.69 Å². The summed E-state index contributed by atoms with van der Waals surface area (Å²) in [6.45, 7) is 0.317. The highest BCUT2D eigenvalue weighted by Gasteiger charge is 2.07. The Balaban J connectivity index is 2.37. The van der Waals surface area contributed by atoms with Gasteiger partial charge in [0.15, 0.2) is 5.56 Å². The number of hydrogen-bond acceptors (Lipinski definition) is 5. The lowest BCUT2D eigenvalue weighted by molar-refractivity contribution is -0.130. The van der Waals surface area contributed by atoms with E-state index in [-0.39, 0.29) is 0 Å². The average molecular weight is 193 g/mol. The van der Waals surface area contributed by atoms with E-state index >= 15 is 0 Å². The van der Waals surface area contributed by atoms with Crippen LogP contribution < -0.4 is 0 Å². The molecule has 1 atom stereocenters. The number of carbonyl (C=O) groups excluding carboxylic acids is 1. The van der Waals surface area contributed by atoms with Crippen LogP contribution in [0.2, 0.25) is 0 Å². The van der Waals surface area contributed by atoms with Crippen LogP contribution in [-0.4, -0.2) is 20.8 Å². The summed E-state index contributed by atoms with van der Waals surface area (Å²) in [6, 6.07) is 0. The Morgan fingerprint density at radius 2 is 2.73 bits per heavy atom. The Bertz CT molecular complexity index is 216. The molecule has 60 valence electrons. The first kappa shape index (κ1) is 8.42. The van der Waals surface area contributed by atoms with Crippen molar-refractivity contribution < 1.29 is 9.53 Å². The minimum atomic E-state index is -0.642. The minimum absolute atomic E-state index is 0.317. The molecule has 0 aliphatic rings. The normalized spacial score (nSPS) is 12.5. The lowest BCUT2D eigenvalue weighted by Gasteiger charge is -2.02. The summed E-state index contributed by atoms with van der Waals surface area (Å²) in [7, 11) is 0. The molecule has 1 aromatic rings. The van der Waals surface area contributed by atoms with Gasteiger partial charge in [-0.25, -0.2) is 0 Å². The third-order valence-corrected chi connectivity index (χ3v) is 1.75. The fraction of sp³-hybridized carbons (Fsp3) is 0.400. The fourth-order valence-corrected chi connectivity index (χ4v) is 1.19. The number of alkyl halides is 1. The molecule has 0 spiro atoms. The second kappa shape index (κ2) is 4.25. The van der Waals surface area contributed by atoms with Crippen LogP contribution in [0, 0.1) is 0 Å². The van der Waals surface area contributed by atoms with Crippen LogP contribution >= 0.6 is 23.3 Å². The lowest BCUT2D eigenvalue weighted by atomic mass is 10.3. The molecular formula is C5H5ClN2O2S. The van der Waals surface area contributed by atoms with Gasteiger partial charge in [-0.3, -0.25) is 4.79 Å². The third kappa shape index (κ3) is 2.81. The molecule has 0 bridgehead atoms. The van der Waals surface area contributed by atoms with Gasteiger partial charge in [-0.2, -0.15) is 8.75 Å². The fourth-order valence-electron chi connectivity index (χ4n) is 0.547. The van der Waals surface area contributed by atoms with Crippen LogP contribution in [-0.2, 0) is 16.0 Å². The molecule has 0 aliphatic heterocycles. The van der Waals surface area contributed by atoms with Crippen molar-refractivity contribution in [2.75, 3.05) is 0 Å². The Labute approximate surface area is 72.5 Å². The average Bonchev–Trinajstić information content (AvgIpc) is 2.40. The maximum Gasteiger partial charge on any atom is 0.294 e. The first-order chi connectivity index (χ1) is 5.33. The first-order valence-corrected chi connectivity index (χ1v) is 3.99. The van der Waals surface area contributed by atoms with E-state index in [1.165, 1.54) is 0 Å². The quantitative estimate of drug-likeness (QED) is 0.524. The van der Waals surface area contributed by atoms with Crippen molar-refractivity contribution >= 4 is 29.8 Å². The number of halogens is 1. The van der Waals surface area contributed by atoms with E-state index in [2.05, 4.69) is 13.5 Å². The van der Waals surface area contributed by atoms with E-state index in [9.17, 15) is 4.79 Å². The van der Waals surface area contributed by atoms with E-state index in [4.69, 9.17) is 11.6 Å². The molecule has 1 rings (SSSR count). The number of nitrogens with zero attached hydrogens (tertiary/aromatic N) is 2.